The molecule has 0 N–H and O–H groups in total. The van der Waals surface area contributed by atoms with Crippen molar-refractivity contribution >= 4 is 21.4 Å². The van der Waals surface area contributed by atoms with Gasteiger partial charge in [0.25, 0.3) is 0 Å². The van der Waals surface area contributed by atoms with E-state index in [2.05, 4.69) is 5.92 Å². The summed E-state index contributed by atoms with van der Waals surface area (Å²) in [5.74, 6) is 1.58. The molecule has 5 heteroatoms. The number of benzene rings is 1. The molecule has 0 heterocycles. The molecule has 0 aliphatic rings. The van der Waals surface area contributed by atoms with E-state index in [1.54, 1.807) is 0 Å². The van der Waals surface area contributed by atoms with Crippen LogP contribution >= 0.6 is 11.6 Å². The third-order valence-electron chi connectivity index (χ3n) is 1.30. The van der Waals surface area contributed by atoms with E-state index in [4.69, 9.17) is 11.6 Å². The Balaban J connectivity index is 3.15. The van der Waals surface area contributed by atoms with Gasteiger partial charge in [0.2, 0.25) is 9.84 Å². The maximum atomic E-state index is 13.0. The van der Waals surface area contributed by atoms with Gasteiger partial charge in [-0.15, -0.1) is 0 Å². The van der Waals surface area contributed by atoms with Crippen LogP contribution in [-0.2, 0) is 9.84 Å². The maximum Gasteiger partial charge on any atom is 0.214 e. The largest absolute Gasteiger partial charge is 0.216 e. The van der Waals surface area contributed by atoms with Crippen molar-refractivity contribution in [2.75, 3.05) is 6.26 Å². The molecular formula is C9H6ClFO2S. The quantitative estimate of drug-likeness (QED) is 0.640. The van der Waals surface area contributed by atoms with Crippen LogP contribution in [0.3, 0.4) is 0 Å². The fourth-order valence-corrected chi connectivity index (χ4v) is 1.19. The van der Waals surface area contributed by atoms with Crippen LogP contribution < -0.4 is 0 Å². The van der Waals surface area contributed by atoms with Crippen LogP contribution in [0.2, 0.25) is 5.02 Å². The molecule has 0 bridgehead atoms. The van der Waals surface area contributed by atoms with Crippen LogP contribution in [-0.4, -0.2) is 14.7 Å². The SMILES string of the molecule is CS(=O)(=O)C#Cc1ccc(Cl)cc1F. The Hall–Kier alpha value is -1.05. The monoisotopic (exact) mass is 232 g/mol. The topological polar surface area (TPSA) is 34.1 Å². The Morgan fingerprint density at radius 3 is 2.57 bits per heavy atom. The lowest BCUT2D eigenvalue weighted by molar-refractivity contribution is 0.611. The van der Waals surface area contributed by atoms with E-state index in [9.17, 15) is 12.8 Å². The van der Waals surface area contributed by atoms with Crippen molar-refractivity contribution in [2.24, 2.45) is 0 Å². The molecule has 14 heavy (non-hydrogen) atoms. The van der Waals surface area contributed by atoms with E-state index < -0.39 is 15.7 Å². The molecule has 0 radical (unpaired) electrons. The summed E-state index contributed by atoms with van der Waals surface area (Å²) in [5, 5.41) is 2.18. The first-order valence-corrected chi connectivity index (χ1v) is 5.83. The van der Waals surface area contributed by atoms with E-state index >= 15 is 0 Å². The van der Waals surface area contributed by atoms with E-state index in [-0.39, 0.29) is 10.6 Å². The summed E-state index contributed by atoms with van der Waals surface area (Å²) in [4.78, 5) is 0. The molecule has 2 nitrogen and oxygen atoms in total. The lowest BCUT2D eigenvalue weighted by Gasteiger charge is -1.93. The minimum atomic E-state index is -3.41. The molecule has 0 saturated carbocycles. The van der Waals surface area contributed by atoms with E-state index in [0.717, 1.165) is 12.3 Å². The first-order chi connectivity index (χ1) is 6.38. The molecule has 0 spiro atoms. The molecule has 0 amide bonds. The molecule has 0 aliphatic heterocycles. The molecule has 0 aromatic heterocycles. The van der Waals surface area contributed by atoms with Gasteiger partial charge in [0, 0.05) is 10.3 Å². The van der Waals surface area contributed by atoms with Crippen LogP contribution in [0.1, 0.15) is 5.56 Å². The van der Waals surface area contributed by atoms with Gasteiger partial charge < -0.3 is 0 Å². The second kappa shape index (κ2) is 3.99. The Labute approximate surface area is 86.6 Å². The zero-order valence-corrected chi connectivity index (χ0v) is 8.79. The van der Waals surface area contributed by atoms with Gasteiger partial charge in [-0.05, 0) is 24.1 Å². The van der Waals surface area contributed by atoms with Gasteiger partial charge in [-0.2, -0.15) is 0 Å². The van der Waals surface area contributed by atoms with E-state index in [0.29, 0.717) is 0 Å². The average Bonchev–Trinajstić information content (AvgIpc) is 2.00. The highest BCUT2D eigenvalue weighted by Crippen LogP contribution is 2.13. The Morgan fingerprint density at radius 2 is 2.07 bits per heavy atom. The third kappa shape index (κ3) is 3.36. The van der Waals surface area contributed by atoms with Gasteiger partial charge in [-0.1, -0.05) is 11.6 Å². The highest BCUT2D eigenvalue weighted by Gasteiger charge is 2.00. The van der Waals surface area contributed by atoms with E-state index in [1.807, 2.05) is 5.25 Å². The number of halogens is 2. The van der Waals surface area contributed by atoms with Crippen molar-refractivity contribution in [2.45, 2.75) is 0 Å². The average molecular weight is 233 g/mol. The second-order valence-electron chi connectivity index (χ2n) is 2.62. The molecule has 0 aliphatic carbocycles. The Bertz CT molecular complexity index is 511. The number of hydrogen-bond donors (Lipinski definition) is 0. The van der Waals surface area contributed by atoms with Crippen LogP contribution in [0.25, 0.3) is 0 Å². The maximum absolute atomic E-state index is 13.0. The van der Waals surface area contributed by atoms with Crippen LogP contribution in [0, 0.1) is 17.0 Å². The zero-order chi connectivity index (χ0) is 10.8. The number of sulfone groups is 1. The number of hydrogen-bond acceptors (Lipinski definition) is 2. The summed E-state index contributed by atoms with van der Waals surface area (Å²) in [6.07, 6.45) is 0.952. The molecular weight excluding hydrogens is 227 g/mol. The standard InChI is InChI=1S/C9H6ClFO2S/c1-14(12,13)5-4-7-2-3-8(10)6-9(7)11/h2-3,6H,1H3. The second-order valence-corrected chi connectivity index (χ2v) is 4.81. The van der Waals surface area contributed by atoms with Gasteiger partial charge >= 0.3 is 0 Å². The lowest BCUT2D eigenvalue weighted by atomic mass is 10.2. The summed E-state index contributed by atoms with van der Waals surface area (Å²) in [7, 11) is -3.41. The van der Waals surface area contributed by atoms with Gasteiger partial charge in [-0.3, -0.25) is 0 Å². The molecule has 74 valence electrons. The molecule has 1 aromatic rings. The summed E-state index contributed by atoms with van der Waals surface area (Å²) in [6.45, 7) is 0. The summed E-state index contributed by atoms with van der Waals surface area (Å²) < 4.78 is 34.4. The van der Waals surface area contributed by atoms with E-state index in [1.165, 1.54) is 12.1 Å². The van der Waals surface area contributed by atoms with Crippen molar-refractivity contribution in [3.05, 3.63) is 34.6 Å². The Morgan fingerprint density at radius 1 is 1.43 bits per heavy atom. The highest BCUT2D eigenvalue weighted by atomic mass is 35.5. The Kier molecular flexibility index (Phi) is 3.14. The molecule has 1 aromatic carbocycles. The highest BCUT2D eigenvalue weighted by molar-refractivity contribution is 7.95. The van der Waals surface area contributed by atoms with Crippen molar-refractivity contribution in [3.63, 3.8) is 0 Å². The zero-order valence-electron chi connectivity index (χ0n) is 7.21. The van der Waals surface area contributed by atoms with Crippen LogP contribution in [0.4, 0.5) is 4.39 Å². The molecule has 0 unspecified atom stereocenters. The van der Waals surface area contributed by atoms with Gasteiger partial charge in [-0.25, -0.2) is 12.8 Å². The smallest absolute Gasteiger partial charge is 0.214 e. The minimum Gasteiger partial charge on any atom is -0.216 e. The van der Waals surface area contributed by atoms with Crippen molar-refractivity contribution in [1.82, 2.24) is 0 Å². The minimum absolute atomic E-state index is 0.0137. The normalized spacial score (nSPS) is 10.5. The van der Waals surface area contributed by atoms with Crippen molar-refractivity contribution in [1.29, 1.82) is 0 Å². The van der Waals surface area contributed by atoms with Crippen LogP contribution in [0.5, 0.6) is 0 Å². The number of rotatable bonds is 0. The summed E-state index contributed by atoms with van der Waals surface area (Å²) in [5.41, 5.74) is 0.0137. The first kappa shape index (κ1) is 11.0. The fraction of sp³-hybridized carbons (Fsp3) is 0.111. The van der Waals surface area contributed by atoms with Crippen molar-refractivity contribution in [3.8, 4) is 11.2 Å². The van der Waals surface area contributed by atoms with Crippen molar-refractivity contribution < 1.29 is 12.8 Å². The van der Waals surface area contributed by atoms with Gasteiger partial charge in [0.15, 0.2) is 0 Å². The van der Waals surface area contributed by atoms with Crippen LogP contribution in [0.15, 0.2) is 18.2 Å². The first-order valence-electron chi connectivity index (χ1n) is 3.56. The molecule has 1 rings (SSSR count). The van der Waals surface area contributed by atoms with Gasteiger partial charge in [0.05, 0.1) is 11.8 Å². The third-order valence-corrected chi connectivity index (χ3v) is 2.01. The molecule has 0 fully saturated rings. The lowest BCUT2D eigenvalue weighted by Crippen LogP contribution is -1.90. The summed E-state index contributed by atoms with van der Waals surface area (Å²) >= 11 is 5.50. The van der Waals surface area contributed by atoms with Gasteiger partial charge in [0.1, 0.15) is 5.82 Å². The fourth-order valence-electron chi connectivity index (χ4n) is 0.739. The predicted octanol–water partition coefficient (Wildman–Crippen LogP) is 1.83. The molecule has 0 atom stereocenters. The summed E-state index contributed by atoms with van der Waals surface area (Å²) in [6, 6.07) is 3.85. The predicted molar refractivity (Wildman–Crippen MR) is 53.1 cm³/mol. The molecule has 0 saturated heterocycles.